The first kappa shape index (κ1) is 20.2. The minimum atomic E-state index is -4.80. The molecule has 0 aliphatic heterocycles. The Balaban J connectivity index is 2.56. The maximum Gasteiger partial charge on any atom is 0.416 e. The van der Waals surface area contributed by atoms with Crippen LogP contribution in [-0.4, -0.2) is 17.0 Å². The van der Waals surface area contributed by atoms with Gasteiger partial charge < -0.3 is 10.4 Å². The zero-order valence-electron chi connectivity index (χ0n) is 13.1. The van der Waals surface area contributed by atoms with E-state index in [-0.39, 0.29) is 5.56 Å². The predicted molar refractivity (Wildman–Crippen MR) is 77.4 cm³/mol. The normalized spacial score (nSPS) is 11.4. The fourth-order valence-corrected chi connectivity index (χ4v) is 2.24. The lowest BCUT2D eigenvalue weighted by molar-refractivity contribution is -0.138. The van der Waals surface area contributed by atoms with Gasteiger partial charge in [0.15, 0.2) is 23.3 Å². The summed E-state index contributed by atoms with van der Waals surface area (Å²) in [6, 6.07) is 2.39. The van der Waals surface area contributed by atoms with Crippen molar-refractivity contribution in [3.8, 4) is 0 Å². The van der Waals surface area contributed by atoms with Gasteiger partial charge in [0.1, 0.15) is 5.56 Å². The van der Waals surface area contributed by atoms with Crippen LogP contribution in [0.1, 0.15) is 31.8 Å². The fourth-order valence-electron chi connectivity index (χ4n) is 2.24. The fraction of sp³-hybridized carbons (Fsp3) is 0.125. The second-order valence-corrected chi connectivity index (χ2v) is 5.29. The van der Waals surface area contributed by atoms with Crippen molar-refractivity contribution in [1.29, 1.82) is 0 Å². The molecular weight excluding hydrogens is 387 g/mol. The molecule has 27 heavy (non-hydrogen) atoms. The number of aromatic carboxylic acids is 1. The maximum absolute atomic E-state index is 13.9. The molecule has 0 saturated heterocycles. The Morgan fingerprint density at radius 3 is 1.93 bits per heavy atom. The van der Waals surface area contributed by atoms with E-state index in [9.17, 15) is 40.3 Å². The van der Waals surface area contributed by atoms with Gasteiger partial charge in [-0.15, -0.1) is 0 Å². The van der Waals surface area contributed by atoms with E-state index in [0.717, 1.165) is 19.1 Å². The molecule has 1 amide bonds. The van der Waals surface area contributed by atoms with Crippen LogP contribution < -0.4 is 5.32 Å². The molecule has 0 unspecified atom stereocenters. The minimum Gasteiger partial charge on any atom is -0.478 e. The van der Waals surface area contributed by atoms with Crippen LogP contribution in [0, 0.1) is 30.2 Å². The van der Waals surface area contributed by atoms with E-state index < -0.39 is 63.7 Å². The minimum absolute atomic E-state index is 0.211. The number of benzene rings is 2. The van der Waals surface area contributed by atoms with Gasteiger partial charge in [0.2, 0.25) is 0 Å². The first-order chi connectivity index (χ1) is 12.4. The van der Waals surface area contributed by atoms with Crippen molar-refractivity contribution in [1.82, 2.24) is 0 Å². The van der Waals surface area contributed by atoms with E-state index in [1.807, 2.05) is 0 Å². The monoisotopic (exact) mass is 395 g/mol. The SMILES string of the molecule is Cc1ccc(NC(=O)c2c(F)c(F)c(F)c(F)c2C(=O)O)cc1C(F)(F)F. The van der Waals surface area contributed by atoms with Crippen molar-refractivity contribution in [2.24, 2.45) is 0 Å². The van der Waals surface area contributed by atoms with Crippen LogP contribution >= 0.6 is 0 Å². The standard InChI is InChI=1S/C16H8F7NO3/c1-5-2-3-6(4-7(5)16(21,22)23)24-14(25)8-9(15(26)27)11(18)13(20)12(19)10(8)17/h2-4H,1H3,(H,24,25)(H,26,27). The molecule has 0 aromatic heterocycles. The highest BCUT2D eigenvalue weighted by molar-refractivity contribution is 6.11. The molecule has 4 nitrogen and oxygen atoms in total. The van der Waals surface area contributed by atoms with Crippen molar-refractivity contribution >= 4 is 17.6 Å². The average Bonchev–Trinajstić information content (AvgIpc) is 2.56. The molecular formula is C16H8F7NO3. The third-order valence-electron chi connectivity index (χ3n) is 3.51. The third-order valence-corrected chi connectivity index (χ3v) is 3.51. The number of amides is 1. The molecule has 0 aliphatic rings. The first-order valence-corrected chi connectivity index (χ1v) is 6.94. The summed E-state index contributed by atoms with van der Waals surface area (Å²) in [6.07, 6.45) is -4.80. The molecule has 0 saturated carbocycles. The second-order valence-electron chi connectivity index (χ2n) is 5.29. The Morgan fingerprint density at radius 2 is 1.44 bits per heavy atom. The number of nitrogens with one attached hydrogen (secondary N) is 1. The number of carbonyl (C=O) groups is 2. The topological polar surface area (TPSA) is 66.4 Å². The van der Waals surface area contributed by atoms with Gasteiger partial charge in [0.25, 0.3) is 5.91 Å². The van der Waals surface area contributed by atoms with Crippen molar-refractivity contribution in [3.05, 3.63) is 63.7 Å². The highest BCUT2D eigenvalue weighted by atomic mass is 19.4. The summed E-state index contributed by atoms with van der Waals surface area (Å²) in [5.74, 6) is -13.6. The smallest absolute Gasteiger partial charge is 0.416 e. The molecule has 0 atom stereocenters. The van der Waals surface area contributed by atoms with Gasteiger partial charge in [-0.25, -0.2) is 22.4 Å². The van der Waals surface area contributed by atoms with Crippen LogP contribution in [0.4, 0.5) is 36.4 Å². The van der Waals surface area contributed by atoms with E-state index in [1.165, 1.54) is 0 Å². The number of rotatable bonds is 3. The van der Waals surface area contributed by atoms with Gasteiger partial charge in [-0.05, 0) is 24.6 Å². The first-order valence-electron chi connectivity index (χ1n) is 6.94. The average molecular weight is 395 g/mol. The lowest BCUT2D eigenvalue weighted by Gasteiger charge is -2.14. The molecule has 2 aromatic carbocycles. The molecule has 2 rings (SSSR count). The van der Waals surface area contributed by atoms with E-state index >= 15 is 0 Å². The Labute approximate surface area is 146 Å². The van der Waals surface area contributed by atoms with Gasteiger partial charge in [-0.3, -0.25) is 4.79 Å². The van der Waals surface area contributed by atoms with Crippen LogP contribution in [0.15, 0.2) is 18.2 Å². The van der Waals surface area contributed by atoms with Crippen molar-refractivity contribution < 1.29 is 45.4 Å². The second kappa shape index (κ2) is 6.89. The summed E-state index contributed by atoms with van der Waals surface area (Å²) in [5.41, 5.74) is -5.42. The predicted octanol–water partition coefficient (Wildman–Crippen LogP) is 4.52. The van der Waals surface area contributed by atoms with Crippen LogP contribution in [0.2, 0.25) is 0 Å². The van der Waals surface area contributed by atoms with Gasteiger partial charge in [0.05, 0.1) is 11.1 Å². The number of anilines is 1. The molecule has 0 spiro atoms. The number of aryl methyl sites for hydroxylation is 1. The zero-order valence-corrected chi connectivity index (χ0v) is 13.1. The van der Waals surface area contributed by atoms with Gasteiger partial charge in [0, 0.05) is 5.69 Å². The molecule has 0 radical (unpaired) electrons. The Morgan fingerprint density at radius 1 is 0.926 bits per heavy atom. The molecule has 144 valence electrons. The number of carboxylic acids is 1. The summed E-state index contributed by atoms with van der Waals surface area (Å²) >= 11 is 0. The van der Waals surface area contributed by atoms with Crippen LogP contribution in [-0.2, 0) is 6.18 Å². The molecule has 0 heterocycles. The summed E-state index contributed by atoms with van der Waals surface area (Å²) in [5, 5.41) is 10.6. The number of carbonyl (C=O) groups excluding carboxylic acids is 1. The summed E-state index contributed by atoms with van der Waals surface area (Å²) in [6.45, 7) is 1.13. The number of carboxylic acid groups (broad SMARTS) is 1. The van der Waals surface area contributed by atoms with Crippen LogP contribution in [0.3, 0.4) is 0 Å². The summed E-state index contributed by atoms with van der Waals surface area (Å²) in [4.78, 5) is 23.1. The molecule has 2 aromatic rings. The van der Waals surface area contributed by atoms with Gasteiger partial charge in [-0.1, -0.05) is 6.07 Å². The Bertz CT molecular complexity index is 954. The number of hydrogen-bond acceptors (Lipinski definition) is 2. The molecule has 2 N–H and O–H groups in total. The lowest BCUT2D eigenvalue weighted by atomic mass is 10.0. The molecule has 0 aliphatic carbocycles. The third kappa shape index (κ3) is 3.71. The maximum atomic E-state index is 13.9. The van der Waals surface area contributed by atoms with E-state index in [1.54, 1.807) is 5.32 Å². The lowest BCUT2D eigenvalue weighted by Crippen LogP contribution is -2.22. The van der Waals surface area contributed by atoms with Crippen LogP contribution in [0.5, 0.6) is 0 Å². The molecule has 0 bridgehead atoms. The highest BCUT2D eigenvalue weighted by Gasteiger charge is 2.34. The largest absolute Gasteiger partial charge is 0.478 e. The van der Waals surface area contributed by atoms with Crippen molar-refractivity contribution in [2.75, 3.05) is 5.32 Å². The Kier molecular flexibility index (Phi) is 5.16. The number of halogens is 7. The van der Waals surface area contributed by atoms with E-state index in [0.29, 0.717) is 6.07 Å². The molecule has 0 fully saturated rings. The summed E-state index contributed by atoms with van der Waals surface area (Å²) < 4.78 is 92.7. The van der Waals surface area contributed by atoms with E-state index in [2.05, 4.69) is 0 Å². The highest BCUT2D eigenvalue weighted by Crippen LogP contribution is 2.34. The number of hydrogen-bond donors (Lipinski definition) is 2. The van der Waals surface area contributed by atoms with Crippen molar-refractivity contribution in [2.45, 2.75) is 13.1 Å². The van der Waals surface area contributed by atoms with Crippen molar-refractivity contribution in [3.63, 3.8) is 0 Å². The zero-order chi connectivity index (χ0) is 20.7. The molecule has 11 heteroatoms. The quantitative estimate of drug-likeness (QED) is 0.456. The number of alkyl halides is 3. The van der Waals surface area contributed by atoms with Gasteiger partial charge >= 0.3 is 12.1 Å². The summed E-state index contributed by atoms with van der Waals surface area (Å²) in [7, 11) is 0. The Hall–Kier alpha value is -3.11. The van der Waals surface area contributed by atoms with Gasteiger partial charge in [-0.2, -0.15) is 13.2 Å². The van der Waals surface area contributed by atoms with Crippen LogP contribution in [0.25, 0.3) is 0 Å². The van der Waals surface area contributed by atoms with E-state index in [4.69, 9.17) is 5.11 Å².